The number of anilines is 1. The molecule has 4 aromatic rings. The Kier molecular flexibility index (Phi) is 24.3. The lowest BCUT2D eigenvalue weighted by molar-refractivity contribution is -0.133. The number of hydrogen-bond donors (Lipinski definition) is 6. The first-order valence-corrected chi connectivity index (χ1v) is 28.3. The molecule has 2 fully saturated rings. The standard InChI is InChI=1S/C60H75FN6O10S/c1-39-17-15-22-43(31-39)32-48(50(68)33-44(36-76-35-42-20-7-4-8-21-42)51(69)37-77-59(74)56-40(2)18-16-19-41(56)3)65-58(73)46-28-27-45(34-47(46)61)64-55(72)26-10-6-14-30-62-53(70)24-9-5-13-29-63-54(71)25-12-11-23-52-57-49(38-78-52)66-60(75)67-57/h4,7-8,15-22,27-28,31,34,44,48-49,52,57H,5-6,9-14,23-26,29-30,32-33,35-38H2,1-3H3,(H,62,70)(H,63,71)(H,64,72)(H,65,73)(H2,66,67,75)/t44-,48-,49+,52?,57+/m0/s1. The highest BCUT2D eigenvalue weighted by Gasteiger charge is 2.42. The average Bonchev–Trinajstić information content (AvgIpc) is 3.99. The van der Waals surface area contributed by atoms with Crippen LogP contribution in [0.4, 0.5) is 14.9 Å². The zero-order valence-electron chi connectivity index (χ0n) is 45.1. The molecule has 1 unspecified atom stereocenters. The molecule has 418 valence electrons. The van der Waals surface area contributed by atoms with Gasteiger partial charge in [-0.1, -0.05) is 97.6 Å². The topological polar surface area (TPSA) is 227 Å². The van der Waals surface area contributed by atoms with Gasteiger partial charge in [0.25, 0.3) is 5.91 Å². The molecule has 4 aromatic carbocycles. The van der Waals surface area contributed by atoms with Crippen LogP contribution in [0.5, 0.6) is 0 Å². The van der Waals surface area contributed by atoms with Crippen molar-refractivity contribution < 1.29 is 52.2 Å². The number of rotatable bonds is 33. The van der Waals surface area contributed by atoms with Gasteiger partial charge in [-0.15, -0.1) is 0 Å². The molecule has 0 spiro atoms. The van der Waals surface area contributed by atoms with Crippen LogP contribution in [0.1, 0.15) is 132 Å². The van der Waals surface area contributed by atoms with Gasteiger partial charge in [-0.25, -0.2) is 14.0 Å². The predicted molar refractivity (Wildman–Crippen MR) is 298 cm³/mol. The fourth-order valence-electron chi connectivity index (χ4n) is 9.65. The van der Waals surface area contributed by atoms with E-state index in [4.69, 9.17) is 9.47 Å². The first-order chi connectivity index (χ1) is 37.6. The summed E-state index contributed by atoms with van der Waals surface area (Å²) in [6.45, 7) is 5.85. The van der Waals surface area contributed by atoms with Crippen LogP contribution in [0.25, 0.3) is 0 Å². The van der Waals surface area contributed by atoms with Crippen LogP contribution in [-0.4, -0.2) is 103 Å². The van der Waals surface area contributed by atoms with E-state index in [0.29, 0.717) is 73.6 Å². The summed E-state index contributed by atoms with van der Waals surface area (Å²) in [5, 5.41) is 17.6. The summed E-state index contributed by atoms with van der Waals surface area (Å²) in [6, 6.07) is 24.8. The van der Waals surface area contributed by atoms with Crippen LogP contribution in [-0.2, 0) is 46.5 Å². The van der Waals surface area contributed by atoms with Crippen LogP contribution in [0.15, 0.2) is 91.0 Å². The summed E-state index contributed by atoms with van der Waals surface area (Å²) >= 11 is 1.88. The van der Waals surface area contributed by atoms with Gasteiger partial charge in [-0.2, -0.15) is 11.8 Å². The van der Waals surface area contributed by atoms with Gasteiger partial charge < -0.3 is 41.4 Å². The Morgan fingerprint density at radius 1 is 0.705 bits per heavy atom. The number of aryl methyl sites for hydroxylation is 3. The molecule has 2 aliphatic rings. The lowest BCUT2D eigenvalue weighted by Gasteiger charge is -2.22. The van der Waals surface area contributed by atoms with Crippen molar-refractivity contribution in [1.29, 1.82) is 0 Å². The Morgan fingerprint density at radius 3 is 2.04 bits per heavy atom. The number of unbranched alkanes of at least 4 members (excludes halogenated alkanes) is 5. The van der Waals surface area contributed by atoms with Crippen LogP contribution >= 0.6 is 11.8 Å². The number of Topliss-reactive ketones (excluding diaryl/α,β-unsaturated/α-hetero) is 2. The first kappa shape index (κ1) is 60.3. The predicted octanol–water partition coefficient (Wildman–Crippen LogP) is 8.33. The molecular weight excluding hydrogens is 1020 g/mol. The van der Waals surface area contributed by atoms with Crippen molar-refractivity contribution in [2.45, 2.75) is 141 Å². The monoisotopic (exact) mass is 1090 g/mol. The molecule has 0 aromatic heterocycles. The fraction of sp³-hybridized carbons (Fsp3) is 0.467. The van der Waals surface area contributed by atoms with E-state index in [1.165, 1.54) is 12.1 Å². The third-order valence-corrected chi connectivity index (χ3v) is 15.5. The number of carbonyl (C=O) groups is 8. The largest absolute Gasteiger partial charge is 0.454 e. The maximum Gasteiger partial charge on any atom is 0.339 e. The Morgan fingerprint density at radius 2 is 1.36 bits per heavy atom. The molecule has 16 nitrogen and oxygen atoms in total. The van der Waals surface area contributed by atoms with Crippen molar-refractivity contribution in [1.82, 2.24) is 26.6 Å². The fourth-order valence-corrected chi connectivity index (χ4v) is 11.2. The molecule has 6 amide bonds. The number of esters is 1. The number of fused-ring (bicyclic) bond motifs is 1. The summed E-state index contributed by atoms with van der Waals surface area (Å²) in [5.41, 5.74) is 4.02. The lowest BCUT2D eigenvalue weighted by Crippen LogP contribution is -2.44. The van der Waals surface area contributed by atoms with Gasteiger partial charge in [0.1, 0.15) is 5.82 Å². The number of amides is 6. The van der Waals surface area contributed by atoms with Crippen molar-refractivity contribution in [2.24, 2.45) is 5.92 Å². The number of hydrogen-bond acceptors (Lipinski definition) is 11. The van der Waals surface area contributed by atoms with Crippen LogP contribution < -0.4 is 31.9 Å². The van der Waals surface area contributed by atoms with Gasteiger partial charge in [0.2, 0.25) is 17.7 Å². The van der Waals surface area contributed by atoms with E-state index in [1.54, 1.807) is 32.0 Å². The highest BCUT2D eigenvalue weighted by molar-refractivity contribution is 8.00. The van der Waals surface area contributed by atoms with E-state index in [9.17, 15) is 38.4 Å². The third-order valence-electron chi connectivity index (χ3n) is 14.0. The minimum Gasteiger partial charge on any atom is -0.454 e. The Balaban J connectivity index is 0.895. The normalized spacial score (nSPS) is 16.2. The SMILES string of the molecule is Cc1cccc(C[C@H](NC(=O)c2ccc(NC(=O)CCCCCNC(=O)CCCCCNC(=O)CCCCC3SC[C@H]4NC(=O)N[C@@H]34)cc2F)C(=O)C[C@@H](COCc2ccccc2)C(=O)COC(=O)c2c(C)cccc2C)c1. The second kappa shape index (κ2) is 31.5. The summed E-state index contributed by atoms with van der Waals surface area (Å²) in [6.07, 6.45) is 7.62. The Labute approximate surface area is 461 Å². The van der Waals surface area contributed by atoms with Gasteiger partial charge in [0, 0.05) is 55.5 Å². The van der Waals surface area contributed by atoms with Gasteiger partial charge >= 0.3 is 12.0 Å². The molecule has 0 bridgehead atoms. The number of urea groups is 1. The molecule has 0 radical (unpaired) electrons. The minimum absolute atomic E-state index is 0.0355. The van der Waals surface area contributed by atoms with Gasteiger partial charge in [0.05, 0.1) is 48.4 Å². The Hall–Kier alpha value is -6.92. The van der Waals surface area contributed by atoms with Gasteiger partial charge in [-0.05, 0) is 106 Å². The summed E-state index contributed by atoms with van der Waals surface area (Å²) in [7, 11) is 0. The summed E-state index contributed by atoms with van der Waals surface area (Å²) in [4.78, 5) is 104. The van der Waals surface area contributed by atoms with Crippen LogP contribution in [0, 0.1) is 32.5 Å². The molecule has 5 atom stereocenters. The van der Waals surface area contributed by atoms with Gasteiger partial charge in [0.15, 0.2) is 18.2 Å². The summed E-state index contributed by atoms with van der Waals surface area (Å²) in [5.74, 6) is -3.99. The van der Waals surface area contributed by atoms with Crippen molar-refractivity contribution >= 4 is 64.6 Å². The number of benzene rings is 4. The summed E-state index contributed by atoms with van der Waals surface area (Å²) < 4.78 is 27.1. The van der Waals surface area contributed by atoms with E-state index in [2.05, 4.69) is 31.9 Å². The molecule has 78 heavy (non-hydrogen) atoms. The van der Waals surface area contributed by atoms with Crippen LogP contribution in [0.3, 0.4) is 0 Å². The molecule has 2 heterocycles. The number of carbonyl (C=O) groups excluding carboxylic acids is 8. The molecule has 2 aliphatic heterocycles. The minimum atomic E-state index is -1.19. The van der Waals surface area contributed by atoms with E-state index in [0.717, 1.165) is 60.6 Å². The van der Waals surface area contributed by atoms with Crippen molar-refractivity contribution in [3.05, 3.63) is 136 Å². The molecule has 6 N–H and O–H groups in total. The molecule has 0 aliphatic carbocycles. The average molecular weight is 1090 g/mol. The third kappa shape index (κ3) is 19.8. The van der Waals surface area contributed by atoms with Crippen molar-refractivity contribution in [3.8, 4) is 0 Å². The van der Waals surface area contributed by atoms with Crippen molar-refractivity contribution in [2.75, 3.05) is 37.4 Å². The van der Waals surface area contributed by atoms with E-state index < -0.39 is 47.8 Å². The number of halogens is 1. The van der Waals surface area contributed by atoms with Crippen LogP contribution in [0.2, 0.25) is 0 Å². The number of thioether (sulfide) groups is 1. The van der Waals surface area contributed by atoms with Gasteiger partial charge in [-0.3, -0.25) is 28.8 Å². The van der Waals surface area contributed by atoms with Crippen molar-refractivity contribution in [3.63, 3.8) is 0 Å². The maximum atomic E-state index is 15.7. The lowest BCUT2D eigenvalue weighted by atomic mass is 9.92. The first-order valence-electron chi connectivity index (χ1n) is 27.2. The second-order valence-electron chi connectivity index (χ2n) is 20.3. The zero-order valence-corrected chi connectivity index (χ0v) is 45.9. The molecule has 0 saturated carbocycles. The highest BCUT2D eigenvalue weighted by Crippen LogP contribution is 2.33. The quantitative estimate of drug-likeness (QED) is 0.0151. The number of ketones is 2. The molecule has 6 rings (SSSR count). The van der Waals surface area contributed by atoms with E-state index >= 15 is 4.39 Å². The van der Waals surface area contributed by atoms with E-state index in [1.807, 2.05) is 73.3 Å². The second-order valence-corrected chi connectivity index (χ2v) is 21.6. The number of ether oxygens (including phenoxy) is 2. The molecule has 2 saturated heterocycles. The Bertz CT molecular complexity index is 2690. The van der Waals surface area contributed by atoms with E-state index in [-0.39, 0.29) is 79.6 Å². The molecular formula is C60H75FN6O10S. The zero-order chi connectivity index (χ0) is 55.8. The smallest absolute Gasteiger partial charge is 0.339 e. The highest BCUT2D eigenvalue weighted by atomic mass is 32.2. The maximum absolute atomic E-state index is 15.7. The molecule has 18 heteroatoms. The number of nitrogens with one attached hydrogen (secondary N) is 6.